The molecule has 4 heteroatoms. The Hall–Kier alpha value is -0.640. The van der Waals surface area contributed by atoms with Gasteiger partial charge in [-0.1, -0.05) is 37.6 Å². The van der Waals surface area contributed by atoms with Crippen molar-refractivity contribution in [3.8, 4) is 0 Å². The van der Waals surface area contributed by atoms with E-state index in [9.17, 15) is 4.39 Å². The van der Waals surface area contributed by atoms with Crippen molar-refractivity contribution in [1.29, 1.82) is 0 Å². The largest absolute Gasteiger partial charge is 0.376 e. The SMILES string of the molecule is CCNC(Cc1cccc(Cl)c1F)C1OCCC1C. The smallest absolute Gasteiger partial charge is 0.145 e. The van der Waals surface area contributed by atoms with E-state index in [0.29, 0.717) is 17.9 Å². The molecule has 0 aliphatic carbocycles. The van der Waals surface area contributed by atoms with Crippen LogP contribution in [0.5, 0.6) is 0 Å². The van der Waals surface area contributed by atoms with Gasteiger partial charge in [0.15, 0.2) is 0 Å². The van der Waals surface area contributed by atoms with Gasteiger partial charge >= 0.3 is 0 Å². The summed E-state index contributed by atoms with van der Waals surface area (Å²) in [4.78, 5) is 0. The molecular weight excluding hydrogens is 265 g/mol. The van der Waals surface area contributed by atoms with E-state index in [1.807, 2.05) is 0 Å². The van der Waals surface area contributed by atoms with E-state index in [2.05, 4.69) is 19.2 Å². The van der Waals surface area contributed by atoms with E-state index < -0.39 is 0 Å². The number of nitrogens with one attached hydrogen (secondary N) is 1. The summed E-state index contributed by atoms with van der Waals surface area (Å²) in [6.45, 7) is 5.89. The first-order valence-corrected chi connectivity index (χ1v) is 7.29. The van der Waals surface area contributed by atoms with Gasteiger partial charge in [0, 0.05) is 12.6 Å². The van der Waals surface area contributed by atoms with E-state index in [1.165, 1.54) is 0 Å². The fourth-order valence-electron chi connectivity index (χ4n) is 2.74. The second kappa shape index (κ2) is 6.69. The molecule has 3 atom stereocenters. The molecule has 0 radical (unpaired) electrons. The summed E-state index contributed by atoms with van der Waals surface area (Å²) in [5.74, 6) is 0.198. The highest BCUT2D eigenvalue weighted by atomic mass is 35.5. The first kappa shape index (κ1) is 14.8. The molecule has 0 saturated carbocycles. The third-order valence-electron chi connectivity index (χ3n) is 3.78. The molecule has 0 spiro atoms. The average Bonchev–Trinajstić information content (AvgIpc) is 2.80. The molecule has 0 amide bonds. The maximum atomic E-state index is 14.0. The number of likely N-dealkylation sites (N-methyl/N-ethyl adjacent to an activating group) is 1. The van der Waals surface area contributed by atoms with Crippen molar-refractivity contribution < 1.29 is 9.13 Å². The first-order valence-electron chi connectivity index (χ1n) is 6.91. The lowest BCUT2D eigenvalue weighted by atomic mass is 9.92. The number of benzene rings is 1. The number of hydrogen-bond donors (Lipinski definition) is 1. The van der Waals surface area contributed by atoms with Crippen LogP contribution in [0, 0.1) is 11.7 Å². The Morgan fingerprint density at radius 1 is 1.53 bits per heavy atom. The minimum absolute atomic E-state index is 0.135. The molecule has 1 aromatic carbocycles. The van der Waals surface area contributed by atoms with E-state index in [4.69, 9.17) is 16.3 Å². The van der Waals surface area contributed by atoms with Crippen LogP contribution in [0.25, 0.3) is 0 Å². The van der Waals surface area contributed by atoms with E-state index in [-0.39, 0.29) is 23.0 Å². The lowest BCUT2D eigenvalue weighted by molar-refractivity contribution is 0.0613. The van der Waals surface area contributed by atoms with Crippen LogP contribution >= 0.6 is 11.6 Å². The van der Waals surface area contributed by atoms with Gasteiger partial charge in [-0.05, 0) is 36.9 Å². The highest BCUT2D eigenvalue weighted by molar-refractivity contribution is 6.30. The fourth-order valence-corrected chi connectivity index (χ4v) is 2.94. The summed E-state index contributed by atoms with van der Waals surface area (Å²) in [7, 11) is 0. The molecule has 1 aromatic rings. The third-order valence-corrected chi connectivity index (χ3v) is 4.07. The zero-order valence-electron chi connectivity index (χ0n) is 11.5. The molecule has 19 heavy (non-hydrogen) atoms. The van der Waals surface area contributed by atoms with Crippen molar-refractivity contribution >= 4 is 11.6 Å². The number of ether oxygens (including phenoxy) is 1. The monoisotopic (exact) mass is 285 g/mol. The molecule has 106 valence electrons. The van der Waals surface area contributed by atoms with Gasteiger partial charge in [-0.2, -0.15) is 0 Å². The van der Waals surface area contributed by atoms with Crippen LogP contribution in [0.15, 0.2) is 18.2 Å². The van der Waals surface area contributed by atoms with Crippen LogP contribution in [-0.2, 0) is 11.2 Å². The van der Waals surface area contributed by atoms with Crippen LogP contribution in [0.1, 0.15) is 25.8 Å². The molecular formula is C15H21ClFNO. The van der Waals surface area contributed by atoms with Crippen LogP contribution in [0.2, 0.25) is 5.02 Å². The molecule has 2 rings (SSSR count). The van der Waals surface area contributed by atoms with Gasteiger partial charge in [-0.3, -0.25) is 0 Å². The quantitative estimate of drug-likeness (QED) is 0.895. The summed E-state index contributed by atoms with van der Waals surface area (Å²) in [5.41, 5.74) is 0.654. The van der Waals surface area contributed by atoms with Gasteiger partial charge < -0.3 is 10.1 Å². The fraction of sp³-hybridized carbons (Fsp3) is 0.600. The van der Waals surface area contributed by atoms with Gasteiger partial charge in [0.1, 0.15) is 5.82 Å². The van der Waals surface area contributed by atoms with E-state index >= 15 is 0 Å². The third kappa shape index (κ3) is 3.47. The summed E-state index contributed by atoms with van der Waals surface area (Å²) in [6.07, 6.45) is 1.83. The van der Waals surface area contributed by atoms with Crippen LogP contribution in [-0.4, -0.2) is 25.3 Å². The molecule has 3 unspecified atom stereocenters. The zero-order valence-corrected chi connectivity index (χ0v) is 12.2. The highest BCUT2D eigenvalue weighted by Crippen LogP contribution is 2.26. The van der Waals surface area contributed by atoms with Crippen molar-refractivity contribution in [3.05, 3.63) is 34.6 Å². The van der Waals surface area contributed by atoms with E-state index in [1.54, 1.807) is 18.2 Å². The van der Waals surface area contributed by atoms with Gasteiger partial charge in [-0.15, -0.1) is 0 Å². The predicted molar refractivity (Wildman–Crippen MR) is 76.1 cm³/mol. The predicted octanol–water partition coefficient (Wildman–Crippen LogP) is 3.42. The summed E-state index contributed by atoms with van der Waals surface area (Å²) >= 11 is 5.84. The summed E-state index contributed by atoms with van der Waals surface area (Å²) < 4.78 is 19.8. The lowest BCUT2D eigenvalue weighted by Crippen LogP contribution is -2.43. The van der Waals surface area contributed by atoms with Crippen LogP contribution in [0.4, 0.5) is 4.39 Å². The Morgan fingerprint density at radius 2 is 2.32 bits per heavy atom. The lowest BCUT2D eigenvalue weighted by Gasteiger charge is -2.27. The summed E-state index contributed by atoms with van der Waals surface area (Å²) in [5, 5.41) is 3.60. The molecule has 1 heterocycles. The topological polar surface area (TPSA) is 21.3 Å². The zero-order chi connectivity index (χ0) is 13.8. The molecule has 1 aliphatic heterocycles. The molecule has 1 saturated heterocycles. The molecule has 0 bridgehead atoms. The van der Waals surface area contributed by atoms with Crippen molar-refractivity contribution in [3.63, 3.8) is 0 Å². The maximum absolute atomic E-state index is 14.0. The van der Waals surface area contributed by atoms with Crippen LogP contribution < -0.4 is 5.32 Å². The molecule has 1 fully saturated rings. The Bertz CT molecular complexity index is 427. The molecule has 2 nitrogen and oxygen atoms in total. The van der Waals surface area contributed by atoms with Gasteiger partial charge in [0.2, 0.25) is 0 Å². The average molecular weight is 286 g/mol. The molecule has 0 aromatic heterocycles. The number of rotatable bonds is 5. The van der Waals surface area contributed by atoms with Gasteiger partial charge in [0.25, 0.3) is 0 Å². The standard InChI is InChI=1S/C15H21ClFNO/c1-3-18-13(15-10(2)7-8-19-15)9-11-5-4-6-12(16)14(11)17/h4-6,10,13,15,18H,3,7-9H2,1-2H3. The minimum Gasteiger partial charge on any atom is -0.376 e. The Labute approximate surface area is 119 Å². The Balaban J connectivity index is 2.14. The normalized spacial score (nSPS) is 24.6. The van der Waals surface area contributed by atoms with Gasteiger partial charge in [0.05, 0.1) is 11.1 Å². The molecule has 1 aliphatic rings. The second-order valence-electron chi connectivity index (χ2n) is 5.18. The first-order chi connectivity index (χ1) is 9.13. The molecule has 1 N–H and O–H groups in total. The van der Waals surface area contributed by atoms with Gasteiger partial charge in [-0.25, -0.2) is 4.39 Å². The second-order valence-corrected chi connectivity index (χ2v) is 5.59. The highest BCUT2D eigenvalue weighted by Gasteiger charge is 2.32. The maximum Gasteiger partial charge on any atom is 0.145 e. The number of hydrogen-bond acceptors (Lipinski definition) is 2. The van der Waals surface area contributed by atoms with E-state index in [0.717, 1.165) is 19.6 Å². The van der Waals surface area contributed by atoms with Crippen molar-refractivity contribution in [1.82, 2.24) is 5.32 Å². The Kier molecular flexibility index (Phi) is 5.20. The van der Waals surface area contributed by atoms with Crippen LogP contribution in [0.3, 0.4) is 0 Å². The van der Waals surface area contributed by atoms with Crippen molar-refractivity contribution in [2.45, 2.75) is 38.8 Å². The van der Waals surface area contributed by atoms with Crippen molar-refractivity contribution in [2.75, 3.05) is 13.2 Å². The number of halogens is 2. The summed E-state index contributed by atoms with van der Waals surface area (Å²) in [6, 6.07) is 5.31. The minimum atomic E-state index is -0.308. The Morgan fingerprint density at radius 3 is 2.95 bits per heavy atom. The van der Waals surface area contributed by atoms with Crippen molar-refractivity contribution in [2.24, 2.45) is 5.92 Å².